The second kappa shape index (κ2) is 12.2. The van der Waals surface area contributed by atoms with Gasteiger partial charge in [-0.2, -0.15) is 0 Å². The number of nitrogens with zero attached hydrogens (tertiary/aromatic N) is 3. The third-order valence-electron chi connectivity index (χ3n) is 7.48. The summed E-state index contributed by atoms with van der Waals surface area (Å²) in [5.74, 6) is 0. The van der Waals surface area contributed by atoms with E-state index in [2.05, 4.69) is 75.2 Å². The second-order valence-electron chi connectivity index (χ2n) is 10.1. The summed E-state index contributed by atoms with van der Waals surface area (Å²) in [7, 11) is 0. The predicted molar refractivity (Wildman–Crippen MR) is 156 cm³/mol. The number of halogens is 1. The molecule has 37 heavy (non-hydrogen) atoms. The van der Waals surface area contributed by atoms with Crippen molar-refractivity contribution in [2.45, 2.75) is 32.5 Å². The number of nitrogens with two attached hydrogens (primary N) is 2. The van der Waals surface area contributed by atoms with Gasteiger partial charge in [0, 0.05) is 73.5 Å². The van der Waals surface area contributed by atoms with Crippen LogP contribution >= 0.6 is 11.6 Å². The first-order valence-corrected chi connectivity index (χ1v) is 13.8. The summed E-state index contributed by atoms with van der Waals surface area (Å²) in [4.78, 5) is 5.10. The summed E-state index contributed by atoms with van der Waals surface area (Å²) < 4.78 is 2.39. The number of piperazine rings is 1. The van der Waals surface area contributed by atoms with Crippen molar-refractivity contribution < 1.29 is 0 Å². The van der Waals surface area contributed by atoms with Crippen LogP contribution in [0.1, 0.15) is 23.1 Å². The van der Waals surface area contributed by atoms with Gasteiger partial charge in [0.1, 0.15) is 0 Å². The van der Waals surface area contributed by atoms with Gasteiger partial charge < -0.3 is 16.0 Å². The zero-order valence-corrected chi connectivity index (χ0v) is 22.3. The van der Waals surface area contributed by atoms with Crippen LogP contribution in [0.3, 0.4) is 0 Å². The molecule has 5 rings (SSSR count). The molecular formula is C31H38ClN5. The molecule has 1 aliphatic heterocycles. The lowest BCUT2D eigenvalue weighted by Gasteiger charge is -2.35. The maximum Gasteiger partial charge on any atom is 0.0490 e. The quantitative estimate of drug-likeness (QED) is 0.307. The fraction of sp³-hybridized carbons (Fsp3) is 0.355. The van der Waals surface area contributed by atoms with E-state index in [4.69, 9.17) is 23.1 Å². The van der Waals surface area contributed by atoms with Crippen LogP contribution < -0.4 is 11.5 Å². The van der Waals surface area contributed by atoms with E-state index >= 15 is 0 Å². The minimum atomic E-state index is 0.662. The van der Waals surface area contributed by atoms with Gasteiger partial charge in [-0.3, -0.25) is 9.80 Å². The van der Waals surface area contributed by atoms with Crippen molar-refractivity contribution in [3.8, 4) is 11.1 Å². The molecule has 1 saturated heterocycles. The monoisotopic (exact) mass is 515 g/mol. The molecule has 0 amide bonds. The van der Waals surface area contributed by atoms with Gasteiger partial charge in [0.15, 0.2) is 0 Å². The fourth-order valence-electron chi connectivity index (χ4n) is 5.50. The molecule has 1 aromatic heterocycles. The first-order valence-electron chi connectivity index (χ1n) is 13.4. The molecular weight excluding hydrogens is 478 g/mol. The highest BCUT2D eigenvalue weighted by Gasteiger charge is 2.20. The molecule has 0 unspecified atom stereocenters. The molecule has 5 nitrogen and oxygen atoms in total. The average Bonchev–Trinajstić information content (AvgIpc) is 3.30. The van der Waals surface area contributed by atoms with Gasteiger partial charge >= 0.3 is 0 Å². The van der Waals surface area contributed by atoms with Gasteiger partial charge in [-0.25, -0.2) is 0 Å². The van der Waals surface area contributed by atoms with E-state index in [0.29, 0.717) is 13.1 Å². The van der Waals surface area contributed by atoms with E-state index in [-0.39, 0.29) is 0 Å². The van der Waals surface area contributed by atoms with E-state index in [9.17, 15) is 0 Å². The number of benzene rings is 3. The van der Waals surface area contributed by atoms with Crippen LogP contribution in [0.2, 0.25) is 5.02 Å². The van der Waals surface area contributed by atoms with Gasteiger partial charge in [0.25, 0.3) is 0 Å². The zero-order chi connectivity index (χ0) is 25.6. The number of rotatable bonds is 10. The standard InChI is InChI=1S/C31H38ClN5/c32-29-10-2-1-7-26(29)21-35-16-18-36(19-17-35)22-27-9-4-11-30-31(27)28(23-37(30)15-5-13-33)25-8-3-6-24(20-25)12-14-34/h1-4,6-11,20,23H,5,12-19,21-22,33-34H2. The number of hydrogen-bond acceptors (Lipinski definition) is 4. The topological polar surface area (TPSA) is 63.5 Å². The van der Waals surface area contributed by atoms with Crippen LogP contribution in [0.25, 0.3) is 22.0 Å². The average molecular weight is 516 g/mol. The van der Waals surface area contributed by atoms with Crippen LogP contribution in [0.15, 0.2) is 72.9 Å². The van der Waals surface area contributed by atoms with Crippen LogP contribution in [0.5, 0.6) is 0 Å². The number of aryl methyl sites for hydroxylation is 1. The summed E-state index contributed by atoms with van der Waals surface area (Å²) in [5.41, 5.74) is 19.5. The van der Waals surface area contributed by atoms with Gasteiger partial charge in [-0.1, -0.05) is 66.2 Å². The number of aromatic nitrogens is 1. The van der Waals surface area contributed by atoms with E-state index < -0.39 is 0 Å². The van der Waals surface area contributed by atoms with Gasteiger partial charge in [-0.05, 0) is 60.3 Å². The van der Waals surface area contributed by atoms with Crippen molar-refractivity contribution in [1.29, 1.82) is 0 Å². The summed E-state index contributed by atoms with van der Waals surface area (Å²) in [6.45, 7) is 8.35. The maximum absolute atomic E-state index is 6.41. The number of hydrogen-bond donors (Lipinski definition) is 2. The molecule has 194 valence electrons. The van der Waals surface area contributed by atoms with Crippen molar-refractivity contribution in [1.82, 2.24) is 14.4 Å². The highest BCUT2D eigenvalue weighted by Crippen LogP contribution is 2.35. The Kier molecular flexibility index (Phi) is 8.59. The third kappa shape index (κ3) is 6.08. The summed E-state index contributed by atoms with van der Waals surface area (Å²) in [6.07, 6.45) is 4.19. The van der Waals surface area contributed by atoms with Crippen molar-refractivity contribution >= 4 is 22.5 Å². The minimum absolute atomic E-state index is 0.662. The lowest BCUT2D eigenvalue weighted by atomic mass is 9.98. The Morgan fingerprint density at radius 1 is 0.757 bits per heavy atom. The molecule has 4 aromatic rings. The Labute approximate surface area is 225 Å². The molecule has 4 N–H and O–H groups in total. The summed E-state index contributed by atoms with van der Waals surface area (Å²) >= 11 is 6.41. The van der Waals surface area contributed by atoms with E-state index in [0.717, 1.165) is 63.7 Å². The first kappa shape index (κ1) is 26.0. The molecule has 0 aliphatic carbocycles. The maximum atomic E-state index is 6.41. The summed E-state index contributed by atoms with van der Waals surface area (Å²) in [5, 5.41) is 2.22. The Bertz CT molecular complexity index is 1320. The van der Waals surface area contributed by atoms with E-state index in [1.807, 2.05) is 12.1 Å². The van der Waals surface area contributed by atoms with Crippen molar-refractivity contribution in [3.05, 3.63) is 94.6 Å². The largest absolute Gasteiger partial charge is 0.347 e. The van der Waals surface area contributed by atoms with Crippen LogP contribution in [-0.2, 0) is 26.1 Å². The first-order chi connectivity index (χ1) is 18.2. The third-order valence-corrected chi connectivity index (χ3v) is 7.85. The zero-order valence-electron chi connectivity index (χ0n) is 21.6. The molecule has 0 radical (unpaired) electrons. The van der Waals surface area contributed by atoms with E-state index in [1.165, 1.54) is 38.7 Å². The predicted octanol–water partition coefficient (Wildman–Crippen LogP) is 5.13. The Hall–Kier alpha value is -2.67. The fourth-order valence-corrected chi connectivity index (χ4v) is 5.69. The lowest BCUT2D eigenvalue weighted by Crippen LogP contribution is -2.45. The molecule has 0 saturated carbocycles. The van der Waals surface area contributed by atoms with Crippen LogP contribution in [0, 0.1) is 0 Å². The van der Waals surface area contributed by atoms with Gasteiger partial charge in [0.05, 0.1) is 0 Å². The Morgan fingerprint density at radius 3 is 2.19 bits per heavy atom. The Balaban J connectivity index is 1.39. The normalized spacial score (nSPS) is 15.0. The van der Waals surface area contributed by atoms with E-state index in [1.54, 1.807) is 0 Å². The van der Waals surface area contributed by atoms with Crippen molar-refractivity contribution in [2.24, 2.45) is 11.5 Å². The lowest BCUT2D eigenvalue weighted by molar-refractivity contribution is 0.122. The molecule has 0 atom stereocenters. The van der Waals surface area contributed by atoms with Crippen LogP contribution in [-0.4, -0.2) is 53.6 Å². The SMILES string of the molecule is NCCCn1cc(-c2cccc(CCN)c2)c2c(CN3CCN(Cc4ccccc4Cl)CC3)cccc21. The van der Waals surface area contributed by atoms with Gasteiger partial charge in [-0.15, -0.1) is 0 Å². The van der Waals surface area contributed by atoms with Crippen LogP contribution in [0.4, 0.5) is 0 Å². The van der Waals surface area contributed by atoms with Crippen molar-refractivity contribution in [3.63, 3.8) is 0 Å². The minimum Gasteiger partial charge on any atom is -0.347 e. The molecule has 1 aliphatic rings. The number of fused-ring (bicyclic) bond motifs is 1. The Morgan fingerprint density at radius 2 is 1.46 bits per heavy atom. The van der Waals surface area contributed by atoms with Gasteiger partial charge in [0.2, 0.25) is 0 Å². The highest BCUT2D eigenvalue weighted by molar-refractivity contribution is 6.31. The second-order valence-corrected chi connectivity index (χ2v) is 10.5. The molecule has 0 bridgehead atoms. The highest BCUT2D eigenvalue weighted by atomic mass is 35.5. The molecule has 1 fully saturated rings. The summed E-state index contributed by atoms with van der Waals surface area (Å²) in [6, 6.07) is 23.8. The van der Waals surface area contributed by atoms with Crippen molar-refractivity contribution in [2.75, 3.05) is 39.3 Å². The molecule has 2 heterocycles. The molecule has 0 spiro atoms. The molecule has 3 aromatic carbocycles. The molecule has 6 heteroatoms. The smallest absolute Gasteiger partial charge is 0.0490 e.